The van der Waals surface area contributed by atoms with Crippen molar-refractivity contribution in [3.63, 3.8) is 0 Å². The second-order valence-electron chi connectivity index (χ2n) is 6.13. The molecule has 0 radical (unpaired) electrons. The van der Waals surface area contributed by atoms with Crippen LogP contribution in [0.15, 0.2) is 41.6 Å². The fourth-order valence-corrected chi connectivity index (χ4v) is 3.59. The van der Waals surface area contributed by atoms with Crippen molar-refractivity contribution in [2.75, 3.05) is 19.4 Å². The zero-order chi connectivity index (χ0) is 20.6. The van der Waals surface area contributed by atoms with Crippen LogP contribution < -0.4 is 14.8 Å². The number of nitrogens with one attached hydrogen (secondary N) is 1. The van der Waals surface area contributed by atoms with Crippen molar-refractivity contribution < 1.29 is 9.47 Å². The van der Waals surface area contributed by atoms with Crippen molar-refractivity contribution in [3.05, 3.63) is 57.6 Å². The third-order valence-corrected chi connectivity index (χ3v) is 5.78. The maximum absolute atomic E-state index is 6.05. The number of rotatable bonds is 10. The molecule has 0 aliphatic carbocycles. The molecule has 0 fully saturated rings. The number of hydrogen-bond acceptors (Lipinski definition) is 7. The fourth-order valence-electron chi connectivity index (χ4n) is 2.52. The Hall–Kier alpha value is -1.71. The Labute approximate surface area is 195 Å². The Kier molecular flexibility index (Phi) is 10.0. The highest BCUT2D eigenvalue weighted by atomic mass is 35.5. The van der Waals surface area contributed by atoms with Crippen molar-refractivity contribution in [2.45, 2.75) is 18.3 Å². The summed E-state index contributed by atoms with van der Waals surface area (Å²) in [6.07, 6.45) is 0. The minimum absolute atomic E-state index is 0. The van der Waals surface area contributed by atoms with Gasteiger partial charge in [0.05, 0.1) is 17.2 Å². The molecule has 0 atom stereocenters. The van der Waals surface area contributed by atoms with Crippen LogP contribution >= 0.6 is 47.4 Å². The highest BCUT2D eigenvalue weighted by Gasteiger charge is 2.08. The molecular weight excluding hydrogens is 469 g/mol. The maximum atomic E-state index is 6.05. The van der Waals surface area contributed by atoms with E-state index in [1.807, 2.05) is 31.3 Å². The molecule has 3 aromatic rings. The number of thioether (sulfide) groups is 1. The van der Waals surface area contributed by atoms with Crippen molar-refractivity contribution >= 4 is 47.4 Å². The first-order chi connectivity index (χ1) is 14.1. The summed E-state index contributed by atoms with van der Waals surface area (Å²) in [5.74, 6) is 2.23. The van der Waals surface area contributed by atoms with E-state index < -0.39 is 0 Å². The van der Waals surface area contributed by atoms with Gasteiger partial charge < -0.3 is 14.8 Å². The number of nitrogens with zero attached hydrogens (tertiary/aromatic N) is 4. The Morgan fingerprint density at radius 1 is 1.07 bits per heavy atom. The summed E-state index contributed by atoms with van der Waals surface area (Å²) >= 11 is 13.6. The lowest BCUT2D eigenvalue weighted by Crippen LogP contribution is -2.16. The maximum Gasteiger partial charge on any atom is 0.209 e. The van der Waals surface area contributed by atoms with Gasteiger partial charge in [-0.25, -0.2) is 4.68 Å². The van der Waals surface area contributed by atoms with Gasteiger partial charge in [0, 0.05) is 25.9 Å². The van der Waals surface area contributed by atoms with Crippen LogP contribution in [0.1, 0.15) is 11.1 Å². The summed E-state index contributed by atoms with van der Waals surface area (Å²) in [6.45, 7) is 1.93. The summed E-state index contributed by atoms with van der Waals surface area (Å²) in [5, 5.41) is 16.6. The normalized spacial score (nSPS) is 10.5. The molecule has 3 rings (SSSR count). The Bertz CT molecular complexity index is 958. The molecule has 30 heavy (non-hydrogen) atoms. The van der Waals surface area contributed by atoms with E-state index in [1.165, 1.54) is 0 Å². The van der Waals surface area contributed by atoms with E-state index in [9.17, 15) is 0 Å². The predicted octanol–water partition coefficient (Wildman–Crippen LogP) is 4.41. The molecule has 0 bridgehead atoms. The van der Waals surface area contributed by atoms with Crippen LogP contribution in [-0.4, -0.2) is 39.6 Å². The number of aryl methyl sites for hydroxylation is 1. The van der Waals surface area contributed by atoms with E-state index in [1.54, 1.807) is 35.7 Å². The summed E-state index contributed by atoms with van der Waals surface area (Å²) in [5.41, 5.74) is 2.04. The van der Waals surface area contributed by atoms with Gasteiger partial charge in [0.15, 0.2) is 11.5 Å². The van der Waals surface area contributed by atoms with Gasteiger partial charge in [0.2, 0.25) is 5.16 Å². The van der Waals surface area contributed by atoms with Crippen LogP contribution in [0, 0.1) is 0 Å². The molecule has 1 heterocycles. The van der Waals surface area contributed by atoms with E-state index >= 15 is 0 Å². The first-order valence-corrected chi connectivity index (χ1v) is 10.6. The smallest absolute Gasteiger partial charge is 0.209 e. The van der Waals surface area contributed by atoms with Crippen LogP contribution in [0.25, 0.3) is 0 Å². The van der Waals surface area contributed by atoms with E-state index in [0.717, 1.165) is 35.1 Å². The van der Waals surface area contributed by atoms with Gasteiger partial charge in [-0.15, -0.1) is 17.5 Å². The van der Waals surface area contributed by atoms with Crippen LogP contribution in [0.4, 0.5) is 0 Å². The average Bonchev–Trinajstić information content (AvgIpc) is 3.13. The quantitative estimate of drug-likeness (QED) is 0.333. The third-order valence-electron chi connectivity index (χ3n) is 4.03. The number of benzene rings is 2. The van der Waals surface area contributed by atoms with E-state index in [4.69, 9.17) is 32.7 Å². The van der Waals surface area contributed by atoms with Crippen LogP contribution in [0.3, 0.4) is 0 Å². The first kappa shape index (κ1) is 24.6. The predicted molar refractivity (Wildman–Crippen MR) is 122 cm³/mol. The van der Waals surface area contributed by atoms with E-state index in [0.29, 0.717) is 28.2 Å². The summed E-state index contributed by atoms with van der Waals surface area (Å²) in [4.78, 5) is 0. The summed E-state index contributed by atoms with van der Waals surface area (Å²) in [7, 11) is 3.46. The second kappa shape index (κ2) is 12.2. The molecule has 0 unspecified atom stereocenters. The topological polar surface area (TPSA) is 74.1 Å². The van der Waals surface area contributed by atoms with Crippen molar-refractivity contribution in [1.82, 2.24) is 25.5 Å². The van der Waals surface area contributed by atoms with Crippen LogP contribution in [0.5, 0.6) is 11.5 Å². The molecule has 2 aromatic carbocycles. The molecule has 0 amide bonds. The molecule has 11 heteroatoms. The number of hydrogen-bond donors (Lipinski definition) is 1. The Morgan fingerprint density at radius 2 is 1.87 bits per heavy atom. The van der Waals surface area contributed by atoms with Crippen LogP contribution in [0.2, 0.25) is 10.0 Å². The molecule has 7 nitrogen and oxygen atoms in total. The SMILES string of the molecule is COc1cc(CNCCSc2nnnn2C)ccc1OCc1ccc(Cl)c(Cl)c1.Cl. The molecule has 162 valence electrons. The molecule has 0 saturated carbocycles. The van der Waals surface area contributed by atoms with Gasteiger partial charge in [0.25, 0.3) is 0 Å². The Morgan fingerprint density at radius 3 is 2.57 bits per heavy atom. The monoisotopic (exact) mass is 489 g/mol. The highest BCUT2D eigenvalue weighted by Crippen LogP contribution is 2.30. The minimum Gasteiger partial charge on any atom is -0.493 e. The lowest BCUT2D eigenvalue weighted by molar-refractivity contribution is 0.284. The van der Waals surface area contributed by atoms with Gasteiger partial charge >= 0.3 is 0 Å². The largest absolute Gasteiger partial charge is 0.493 e. The van der Waals surface area contributed by atoms with Gasteiger partial charge in [-0.05, 0) is 45.8 Å². The summed E-state index contributed by atoms with van der Waals surface area (Å²) in [6, 6.07) is 11.3. The highest BCUT2D eigenvalue weighted by molar-refractivity contribution is 7.99. The second-order valence-corrected chi connectivity index (χ2v) is 8.01. The zero-order valence-electron chi connectivity index (χ0n) is 16.5. The molecular formula is C19H22Cl3N5O2S. The lowest BCUT2D eigenvalue weighted by atomic mass is 10.2. The average molecular weight is 491 g/mol. The van der Waals surface area contributed by atoms with Crippen LogP contribution in [-0.2, 0) is 20.2 Å². The molecule has 1 aromatic heterocycles. The van der Waals surface area contributed by atoms with E-state index in [-0.39, 0.29) is 12.4 Å². The molecule has 1 N–H and O–H groups in total. The number of halogens is 3. The number of ether oxygens (including phenoxy) is 2. The standard InChI is InChI=1S/C19H21Cl2N5O2S.ClH/c1-26-19(23-24-25-26)29-8-7-22-11-13-4-6-17(18(10-13)27-2)28-12-14-3-5-15(20)16(21)9-14;/h3-6,9-10,22H,7-8,11-12H2,1-2H3;1H. The van der Waals surface area contributed by atoms with Gasteiger partial charge in [-0.1, -0.05) is 47.1 Å². The van der Waals surface area contributed by atoms with Gasteiger partial charge in [0.1, 0.15) is 6.61 Å². The Balaban J connectivity index is 0.00000320. The number of aromatic nitrogens is 4. The molecule has 0 spiro atoms. The van der Waals surface area contributed by atoms with Crippen molar-refractivity contribution in [3.8, 4) is 11.5 Å². The summed E-state index contributed by atoms with van der Waals surface area (Å²) < 4.78 is 13.0. The van der Waals surface area contributed by atoms with Crippen molar-refractivity contribution in [1.29, 1.82) is 0 Å². The van der Waals surface area contributed by atoms with E-state index in [2.05, 4.69) is 20.8 Å². The fraction of sp³-hybridized carbons (Fsp3) is 0.316. The minimum atomic E-state index is 0. The third kappa shape index (κ3) is 6.92. The number of methoxy groups -OCH3 is 1. The lowest BCUT2D eigenvalue weighted by Gasteiger charge is -2.13. The molecule has 0 saturated heterocycles. The van der Waals surface area contributed by atoms with Crippen molar-refractivity contribution in [2.24, 2.45) is 7.05 Å². The first-order valence-electron chi connectivity index (χ1n) is 8.86. The molecule has 0 aliphatic rings. The zero-order valence-corrected chi connectivity index (χ0v) is 19.6. The molecule has 0 aliphatic heterocycles. The number of tetrazole rings is 1. The van der Waals surface area contributed by atoms with Gasteiger partial charge in [-0.2, -0.15) is 0 Å². The van der Waals surface area contributed by atoms with Gasteiger partial charge in [-0.3, -0.25) is 0 Å².